The third kappa shape index (κ3) is 1.96. The van der Waals surface area contributed by atoms with Gasteiger partial charge in [0.15, 0.2) is 0 Å². The monoisotopic (exact) mass is 213 g/mol. The number of amides is 1. The van der Waals surface area contributed by atoms with Crippen LogP contribution in [-0.4, -0.2) is 20.8 Å². The number of nitrogens with two attached hydrogens (primary N) is 1. The molecule has 0 radical (unpaired) electrons. The Labute approximate surface area is 82.6 Å². The van der Waals surface area contributed by atoms with Gasteiger partial charge in [-0.25, -0.2) is 15.8 Å². The van der Waals surface area contributed by atoms with E-state index in [1.165, 1.54) is 0 Å². The van der Waals surface area contributed by atoms with Crippen molar-refractivity contribution < 1.29 is 9.72 Å². The van der Waals surface area contributed by atoms with Gasteiger partial charge in [0.05, 0.1) is 11.3 Å². The van der Waals surface area contributed by atoms with Gasteiger partial charge in [0.25, 0.3) is 0 Å². The van der Waals surface area contributed by atoms with Gasteiger partial charge in [0.2, 0.25) is 11.7 Å². The van der Waals surface area contributed by atoms with Crippen molar-refractivity contribution in [3.63, 3.8) is 0 Å². The van der Waals surface area contributed by atoms with Crippen molar-refractivity contribution in [2.45, 2.75) is 6.92 Å². The summed E-state index contributed by atoms with van der Waals surface area (Å²) in [7, 11) is 0. The molecule has 0 aliphatic carbocycles. The van der Waals surface area contributed by atoms with Crippen LogP contribution in [0.4, 0.5) is 11.5 Å². The van der Waals surface area contributed by atoms with Gasteiger partial charge in [-0.05, 0) is 0 Å². The van der Waals surface area contributed by atoms with E-state index in [2.05, 4.69) is 4.98 Å². The molecule has 9 heteroatoms. The van der Waals surface area contributed by atoms with Crippen LogP contribution >= 0.6 is 0 Å². The van der Waals surface area contributed by atoms with E-state index in [1.807, 2.05) is 4.98 Å². The summed E-state index contributed by atoms with van der Waals surface area (Å²) < 4.78 is 0. The summed E-state index contributed by atoms with van der Waals surface area (Å²) in [6, 6.07) is 0. The Morgan fingerprint density at radius 2 is 2.33 bits per heavy atom. The number of H-pyrrole nitrogens is 1. The molecule has 0 fully saturated rings. The Morgan fingerprint density at radius 1 is 1.73 bits per heavy atom. The normalized spacial score (nSPS) is 9.73. The highest BCUT2D eigenvalue weighted by Gasteiger charge is 2.25. The Kier molecular flexibility index (Phi) is 2.76. The maximum atomic E-state index is 11.1. The molecule has 15 heavy (non-hydrogen) atoms. The van der Waals surface area contributed by atoms with Crippen LogP contribution in [-0.2, 0) is 4.79 Å². The molecule has 0 saturated heterocycles. The van der Waals surface area contributed by atoms with Crippen molar-refractivity contribution in [3.05, 3.63) is 26.8 Å². The molecule has 0 unspecified atom stereocenters. The summed E-state index contributed by atoms with van der Waals surface area (Å²) in [6.45, 7) is 1.09. The highest BCUT2D eigenvalue weighted by atomic mass is 16.6. The second kappa shape index (κ2) is 3.84. The van der Waals surface area contributed by atoms with Gasteiger partial charge in [-0.15, -0.1) is 0 Å². The fourth-order valence-corrected chi connectivity index (χ4v) is 0.873. The molecular weight excluding hydrogens is 206 g/mol. The number of carbonyl (C=O) groups is 1. The van der Waals surface area contributed by atoms with Crippen molar-refractivity contribution in [3.8, 4) is 0 Å². The van der Waals surface area contributed by atoms with E-state index in [9.17, 15) is 19.7 Å². The molecule has 0 bridgehead atoms. The predicted octanol–water partition coefficient (Wildman–Crippen LogP) is -1.10. The summed E-state index contributed by atoms with van der Waals surface area (Å²) in [5.74, 6) is 4.05. The van der Waals surface area contributed by atoms with Gasteiger partial charge in [-0.2, -0.15) is 0 Å². The van der Waals surface area contributed by atoms with Crippen molar-refractivity contribution in [2.24, 2.45) is 5.84 Å². The third-order valence-corrected chi connectivity index (χ3v) is 1.56. The molecule has 9 nitrogen and oxygen atoms in total. The van der Waals surface area contributed by atoms with Gasteiger partial charge in [0, 0.05) is 6.92 Å². The molecule has 1 aromatic heterocycles. The van der Waals surface area contributed by atoms with E-state index in [4.69, 9.17) is 5.84 Å². The molecule has 1 aromatic rings. The topological polar surface area (TPSA) is 135 Å². The van der Waals surface area contributed by atoms with Crippen LogP contribution in [0, 0.1) is 10.1 Å². The van der Waals surface area contributed by atoms with Crippen LogP contribution in [0.25, 0.3) is 0 Å². The average Bonchev–Trinajstić information content (AvgIpc) is 2.15. The van der Waals surface area contributed by atoms with Crippen LogP contribution in [0.1, 0.15) is 6.92 Å². The first-order chi connectivity index (χ1) is 6.95. The number of rotatable bonds is 2. The van der Waals surface area contributed by atoms with Crippen LogP contribution in [0.5, 0.6) is 0 Å². The zero-order chi connectivity index (χ0) is 11.6. The number of anilines is 1. The molecule has 0 spiro atoms. The van der Waals surface area contributed by atoms with Gasteiger partial charge < -0.3 is 4.98 Å². The number of hydrogen-bond acceptors (Lipinski definition) is 6. The first-order valence-electron chi connectivity index (χ1n) is 3.72. The molecule has 1 heterocycles. The standard InChI is InChI=1S/C6H7N5O4/c1-3(12)10(7)5-4(11(14)15)6(13)9-2-8-5/h2H,7H2,1H3,(H,8,9,13). The lowest BCUT2D eigenvalue weighted by Gasteiger charge is -2.11. The fraction of sp³-hybridized carbons (Fsp3) is 0.167. The number of carbonyl (C=O) groups excluding carboxylic acids is 1. The average molecular weight is 213 g/mol. The minimum Gasteiger partial charge on any atom is -0.307 e. The molecule has 0 atom stereocenters. The summed E-state index contributed by atoms with van der Waals surface area (Å²) in [6.07, 6.45) is 0.924. The second-order valence-corrected chi connectivity index (χ2v) is 2.55. The molecule has 1 amide bonds. The Bertz CT molecular complexity index is 467. The van der Waals surface area contributed by atoms with Crippen molar-refractivity contribution in [1.29, 1.82) is 0 Å². The predicted molar refractivity (Wildman–Crippen MR) is 48.9 cm³/mol. The van der Waals surface area contributed by atoms with E-state index in [0.29, 0.717) is 5.01 Å². The molecule has 80 valence electrons. The lowest BCUT2D eigenvalue weighted by Crippen LogP contribution is -2.37. The van der Waals surface area contributed by atoms with E-state index >= 15 is 0 Å². The fourth-order valence-electron chi connectivity index (χ4n) is 0.873. The molecule has 0 aliphatic heterocycles. The minimum absolute atomic E-state index is 0.438. The number of aromatic nitrogens is 2. The first kappa shape index (κ1) is 10.8. The van der Waals surface area contributed by atoms with Crippen molar-refractivity contribution in [2.75, 3.05) is 5.01 Å². The Morgan fingerprint density at radius 3 is 2.80 bits per heavy atom. The van der Waals surface area contributed by atoms with Gasteiger partial charge in [-0.3, -0.25) is 19.7 Å². The maximum absolute atomic E-state index is 11.1. The number of nitrogens with one attached hydrogen (secondary N) is 1. The van der Waals surface area contributed by atoms with Crippen LogP contribution in [0.15, 0.2) is 11.1 Å². The van der Waals surface area contributed by atoms with Crippen molar-refractivity contribution >= 4 is 17.4 Å². The van der Waals surface area contributed by atoms with Gasteiger partial charge in [-0.1, -0.05) is 0 Å². The quantitative estimate of drug-likeness (QED) is 0.277. The Balaban J connectivity index is 3.42. The number of hydrazine groups is 1. The summed E-state index contributed by atoms with van der Waals surface area (Å²) in [4.78, 5) is 37.0. The smallest absolute Gasteiger partial charge is 0.307 e. The number of hydrogen-bond donors (Lipinski definition) is 2. The van der Waals surface area contributed by atoms with E-state index < -0.39 is 27.9 Å². The highest BCUT2D eigenvalue weighted by Crippen LogP contribution is 2.17. The lowest BCUT2D eigenvalue weighted by molar-refractivity contribution is -0.385. The minimum atomic E-state index is -0.971. The Hall–Kier alpha value is -2.29. The molecule has 0 saturated carbocycles. The van der Waals surface area contributed by atoms with Crippen LogP contribution in [0.3, 0.4) is 0 Å². The molecule has 1 rings (SSSR count). The van der Waals surface area contributed by atoms with Crippen molar-refractivity contribution in [1.82, 2.24) is 9.97 Å². The summed E-state index contributed by atoms with van der Waals surface area (Å²) in [5, 5.41) is 11.0. The molecule has 0 aliphatic rings. The molecule has 3 N–H and O–H groups in total. The largest absolute Gasteiger partial charge is 0.377 e. The van der Waals surface area contributed by atoms with E-state index in [-0.39, 0.29) is 0 Å². The van der Waals surface area contributed by atoms with Gasteiger partial charge >= 0.3 is 11.2 Å². The first-order valence-corrected chi connectivity index (χ1v) is 3.72. The zero-order valence-corrected chi connectivity index (χ0v) is 7.63. The molecular formula is C6H7N5O4. The van der Waals surface area contributed by atoms with Gasteiger partial charge in [0.1, 0.15) is 0 Å². The molecule has 0 aromatic carbocycles. The van der Waals surface area contributed by atoms with E-state index in [1.54, 1.807) is 0 Å². The van der Waals surface area contributed by atoms with Crippen LogP contribution < -0.4 is 16.4 Å². The summed E-state index contributed by atoms with van der Waals surface area (Å²) in [5.41, 5.74) is -1.84. The zero-order valence-electron chi connectivity index (χ0n) is 7.63. The highest BCUT2D eigenvalue weighted by molar-refractivity contribution is 5.91. The number of nitrogens with zero attached hydrogens (tertiary/aromatic N) is 3. The lowest BCUT2D eigenvalue weighted by atomic mass is 10.4. The second-order valence-electron chi connectivity index (χ2n) is 2.55. The number of aromatic amines is 1. The van der Waals surface area contributed by atoms with Crippen LogP contribution in [0.2, 0.25) is 0 Å². The number of nitro groups is 1. The third-order valence-electron chi connectivity index (χ3n) is 1.56. The SMILES string of the molecule is CC(=O)N(N)c1nc[nH]c(=O)c1[N+](=O)[O-]. The van der Waals surface area contributed by atoms with E-state index in [0.717, 1.165) is 13.3 Å². The maximum Gasteiger partial charge on any atom is 0.377 e. The summed E-state index contributed by atoms with van der Waals surface area (Å²) >= 11 is 0.